The molecule has 25 heavy (non-hydrogen) atoms. The number of nitrogens with zero attached hydrogens (tertiary/aromatic N) is 1. The van der Waals surface area contributed by atoms with Gasteiger partial charge in [0, 0.05) is 10.6 Å². The van der Waals surface area contributed by atoms with Crippen LogP contribution < -0.4 is 5.23 Å². The molecule has 0 saturated carbocycles. The fourth-order valence-corrected chi connectivity index (χ4v) is 3.17. The summed E-state index contributed by atoms with van der Waals surface area (Å²) in [7, 11) is 0. The summed E-state index contributed by atoms with van der Waals surface area (Å²) in [5, 5.41) is 29.6. The van der Waals surface area contributed by atoms with Gasteiger partial charge in [-0.05, 0) is 36.8 Å². The molecule has 132 valence electrons. The van der Waals surface area contributed by atoms with E-state index < -0.39 is 11.9 Å². The Morgan fingerprint density at radius 3 is 2.60 bits per heavy atom. The monoisotopic (exact) mass is 362 g/mol. The fraction of sp³-hybridized carbons (Fsp3) is 0.176. The first kappa shape index (κ1) is 18.8. The second kappa shape index (κ2) is 8.52. The first-order valence-corrected chi connectivity index (χ1v) is 8.34. The number of ether oxygens (including phenoxy) is 1. The molecule has 0 aliphatic carbocycles. The maximum absolute atomic E-state index is 11.7. The maximum Gasteiger partial charge on any atom is 0.338 e. The van der Waals surface area contributed by atoms with Crippen molar-refractivity contribution < 1.29 is 24.6 Å². The lowest BCUT2D eigenvalue weighted by Gasteiger charge is -2.25. The van der Waals surface area contributed by atoms with E-state index in [-0.39, 0.29) is 34.4 Å². The van der Waals surface area contributed by atoms with Crippen LogP contribution in [-0.4, -0.2) is 28.9 Å². The van der Waals surface area contributed by atoms with Gasteiger partial charge in [0.25, 0.3) is 0 Å². The predicted molar refractivity (Wildman–Crippen MR) is 93.0 cm³/mol. The van der Waals surface area contributed by atoms with Crippen molar-refractivity contribution in [2.75, 3.05) is 11.8 Å². The molecule has 0 aliphatic heterocycles. The van der Waals surface area contributed by atoms with Crippen molar-refractivity contribution in [2.24, 2.45) is 0 Å². The summed E-state index contributed by atoms with van der Waals surface area (Å²) in [5.74, 6) is -1.41. The normalized spacial score (nSPS) is 10.4. The Balaban J connectivity index is 2.25. The van der Waals surface area contributed by atoms with Crippen molar-refractivity contribution >= 4 is 29.4 Å². The van der Waals surface area contributed by atoms with Gasteiger partial charge in [0.15, 0.2) is 0 Å². The highest BCUT2D eigenvalue weighted by molar-refractivity contribution is 7.98. The van der Waals surface area contributed by atoms with E-state index in [0.717, 1.165) is 0 Å². The van der Waals surface area contributed by atoms with Crippen molar-refractivity contribution in [1.29, 1.82) is 0 Å². The van der Waals surface area contributed by atoms with Crippen molar-refractivity contribution in [3.63, 3.8) is 0 Å². The van der Waals surface area contributed by atoms with Crippen molar-refractivity contribution in [3.05, 3.63) is 64.4 Å². The zero-order chi connectivity index (χ0) is 18.4. The summed E-state index contributed by atoms with van der Waals surface area (Å²) in [6, 6.07) is 10.7. The largest absolute Gasteiger partial charge is 0.733 e. The number of benzene rings is 2. The van der Waals surface area contributed by atoms with Crippen LogP contribution in [0.25, 0.3) is 0 Å². The van der Waals surface area contributed by atoms with E-state index in [1.807, 2.05) is 0 Å². The van der Waals surface area contributed by atoms with Gasteiger partial charge in [0.1, 0.15) is 0 Å². The smallest absolute Gasteiger partial charge is 0.338 e. The van der Waals surface area contributed by atoms with Gasteiger partial charge in [-0.15, -0.1) is 11.8 Å². The van der Waals surface area contributed by atoms with E-state index in [9.17, 15) is 25.1 Å². The lowest BCUT2D eigenvalue weighted by molar-refractivity contribution is 0.0525. The van der Waals surface area contributed by atoms with Crippen LogP contribution in [0.1, 0.15) is 33.2 Å². The SMILES string of the molecule is CCOC(=O)c1ccc(CSc2ccccc2C(=O)O)c(N([O-])O)c1. The highest BCUT2D eigenvalue weighted by Gasteiger charge is 2.14. The van der Waals surface area contributed by atoms with Crippen LogP contribution in [-0.2, 0) is 10.5 Å². The summed E-state index contributed by atoms with van der Waals surface area (Å²) >= 11 is 1.21. The van der Waals surface area contributed by atoms with Crippen LogP contribution >= 0.6 is 11.8 Å². The predicted octanol–water partition coefficient (Wildman–Crippen LogP) is 3.55. The Kier molecular flexibility index (Phi) is 6.40. The molecule has 0 bridgehead atoms. The summed E-state index contributed by atoms with van der Waals surface area (Å²) in [4.78, 5) is 23.5. The number of rotatable bonds is 7. The molecule has 0 saturated heterocycles. The lowest BCUT2D eigenvalue weighted by atomic mass is 10.1. The van der Waals surface area contributed by atoms with E-state index in [0.29, 0.717) is 10.5 Å². The van der Waals surface area contributed by atoms with Crippen LogP contribution in [0.15, 0.2) is 47.4 Å². The Labute approximate surface area is 148 Å². The van der Waals surface area contributed by atoms with Gasteiger partial charge in [-0.2, -0.15) is 0 Å². The highest BCUT2D eigenvalue weighted by atomic mass is 32.2. The average molecular weight is 362 g/mol. The first-order valence-electron chi connectivity index (χ1n) is 7.35. The topological polar surface area (TPSA) is 110 Å². The van der Waals surface area contributed by atoms with Crippen molar-refractivity contribution in [2.45, 2.75) is 17.6 Å². The third-order valence-corrected chi connectivity index (χ3v) is 4.43. The van der Waals surface area contributed by atoms with E-state index in [1.165, 1.54) is 36.0 Å². The Hall–Kier alpha value is -2.55. The number of esters is 1. The number of carbonyl (C=O) groups excluding carboxylic acids is 1. The Bertz CT molecular complexity index is 777. The molecule has 0 fully saturated rings. The molecular weight excluding hydrogens is 346 g/mol. The van der Waals surface area contributed by atoms with Gasteiger partial charge in [0.2, 0.25) is 0 Å². The van der Waals surface area contributed by atoms with Crippen LogP contribution in [0.5, 0.6) is 0 Å². The number of carboxylic acid groups (broad SMARTS) is 1. The van der Waals surface area contributed by atoms with Crippen LogP contribution in [0, 0.1) is 5.21 Å². The van der Waals surface area contributed by atoms with Crippen LogP contribution in [0.4, 0.5) is 5.69 Å². The zero-order valence-electron chi connectivity index (χ0n) is 13.3. The van der Waals surface area contributed by atoms with Gasteiger partial charge >= 0.3 is 11.9 Å². The molecule has 0 heterocycles. The maximum atomic E-state index is 11.7. The first-order chi connectivity index (χ1) is 11.9. The minimum Gasteiger partial charge on any atom is -0.733 e. The third kappa shape index (κ3) is 4.72. The van der Waals surface area contributed by atoms with Crippen LogP contribution in [0.2, 0.25) is 0 Å². The molecule has 0 unspecified atom stereocenters. The van der Waals surface area contributed by atoms with Gasteiger partial charge in [0.05, 0.1) is 23.4 Å². The molecule has 7 nitrogen and oxygen atoms in total. The minimum absolute atomic E-state index is 0.0918. The molecule has 2 N–H and O–H groups in total. The van der Waals surface area contributed by atoms with E-state index in [4.69, 9.17) is 4.74 Å². The van der Waals surface area contributed by atoms with Crippen molar-refractivity contribution in [1.82, 2.24) is 0 Å². The van der Waals surface area contributed by atoms with Crippen molar-refractivity contribution in [3.8, 4) is 0 Å². The number of hydrogen-bond donors (Lipinski definition) is 2. The zero-order valence-corrected chi connectivity index (χ0v) is 14.2. The van der Waals surface area contributed by atoms with Crippen LogP contribution in [0.3, 0.4) is 0 Å². The van der Waals surface area contributed by atoms with Gasteiger partial charge in [-0.3, -0.25) is 5.21 Å². The minimum atomic E-state index is -1.05. The summed E-state index contributed by atoms with van der Waals surface area (Å²) < 4.78 is 4.86. The van der Waals surface area contributed by atoms with E-state index in [1.54, 1.807) is 25.1 Å². The number of anilines is 1. The molecule has 0 amide bonds. The third-order valence-electron chi connectivity index (χ3n) is 3.30. The molecule has 0 aliphatic rings. The number of carboxylic acids is 1. The number of hydrogen-bond acceptors (Lipinski definition) is 7. The number of aromatic carboxylic acids is 1. The molecule has 2 aromatic carbocycles. The molecule has 0 spiro atoms. The molecule has 2 aromatic rings. The molecule has 8 heteroatoms. The molecule has 0 radical (unpaired) electrons. The second-order valence-corrected chi connectivity index (χ2v) is 5.94. The highest BCUT2D eigenvalue weighted by Crippen LogP contribution is 2.31. The average Bonchev–Trinajstić information content (AvgIpc) is 2.60. The fourth-order valence-electron chi connectivity index (χ4n) is 2.13. The second-order valence-electron chi connectivity index (χ2n) is 4.93. The molecule has 2 rings (SSSR count). The quantitative estimate of drug-likeness (QED) is 0.437. The summed E-state index contributed by atoms with van der Waals surface area (Å²) in [6.45, 7) is 1.85. The number of carbonyl (C=O) groups is 2. The van der Waals surface area contributed by atoms with E-state index in [2.05, 4.69) is 0 Å². The lowest BCUT2D eigenvalue weighted by Crippen LogP contribution is -2.12. The van der Waals surface area contributed by atoms with Gasteiger partial charge in [-0.25, -0.2) is 9.59 Å². The standard InChI is InChI=1S/C17H16NO6S/c1-2-24-17(21)11-7-8-12(14(9-11)18(22)23)10-25-15-6-4-3-5-13(15)16(19)20/h3-9,22H,2,10H2,1H3,(H,19,20)/q-1. The molecule has 0 aromatic heterocycles. The van der Waals surface area contributed by atoms with Gasteiger partial charge < -0.3 is 20.3 Å². The molecular formula is C17H16NO6S-. The summed E-state index contributed by atoms with van der Waals surface area (Å²) in [5.41, 5.74) is 0.660. The Morgan fingerprint density at radius 1 is 1.24 bits per heavy atom. The summed E-state index contributed by atoms with van der Waals surface area (Å²) in [6.07, 6.45) is 0. The Morgan fingerprint density at radius 2 is 1.96 bits per heavy atom. The van der Waals surface area contributed by atoms with Gasteiger partial charge in [-0.1, -0.05) is 18.2 Å². The number of thioether (sulfide) groups is 1. The van der Waals surface area contributed by atoms with E-state index >= 15 is 0 Å². The molecule has 0 atom stereocenters.